The molecule has 2 aliphatic heterocycles. The summed E-state index contributed by atoms with van der Waals surface area (Å²) in [5.41, 5.74) is 2.01. The van der Waals surface area contributed by atoms with Crippen LogP contribution in [0.3, 0.4) is 0 Å². The fourth-order valence-corrected chi connectivity index (χ4v) is 4.78. The molecule has 2 aliphatic rings. The van der Waals surface area contributed by atoms with Crippen LogP contribution in [0.5, 0.6) is 11.5 Å². The molecule has 0 saturated carbocycles. The number of fused-ring (bicyclic) bond motifs is 2. The van der Waals surface area contributed by atoms with Gasteiger partial charge in [0.2, 0.25) is 6.79 Å². The highest BCUT2D eigenvalue weighted by molar-refractivity contribution is 6.10. The monoisotopic (exact) mass is 507 g/mol. The van der Waals surface area contributed by atoms with Crippen molar-refractivity contribution in [1.29, 1.82) is 0 Å². The minimum absolute atomic E-state index is 0.114. The lowest BCUT2D eigenvalue weighted by atomic mass is 10.0. The number of benzene rings is 3. The van der Waals surface area contributed by atoms with Crippen molar-refractivity contribution in [2.24, 2.45) is 0 Å². The lowest BCUT2D eigenvalue weighted by molar-refractivity contribution is 0.102. The maximum absolute atomic E-state index is 13.5. The number of nitrogens with zero attached hydrogens (tertiary/aromatic N) is 3. The fourth-order valence-electron chi connectivity index (χ4n) is 4.78. The van der Waals surface area contributed by atoms with Gasteiger partial charge in [-0.15, -0.1) is 0 Å². The molecule has 190 valence electrons. The van der Waals surface area contributed by atoms with E-state index in [2.05, 4.69) is 9.80 Å². The Balaban J connectivity index is 1.12. The number of hydrogen-bond acceptors (Lipinski definition) is 7. The summed E-state index contributed by atoms with van der Waals surface area (Å²) in [5.74, 6) is -1.22. The molecule has 0 N–H and O–H groups in total. The van der Waals surface area contributed by atoms with Crippen molar-refractivity contribution in [3.05, 3.63) is 93.5 Å². The molecule has 37 heavy (non-hydrogen) atoms. The third-order valence-electron chi connectivity index (χ3n) is 6.70. The standard InChI is InChI=1S/C27H23F2N3O5/c28-20-10-19(11-21(29)13-20)26(33)18-2-3-22-24(12-18)37-27(34)32(22)15-31-7-5-30(6-8-31)14-17-1-4-23-25(9-17)36-16-35-23/h1-4,9-13H,5-8,14-16H2. The molecule has 1 saturated heterocycles. The van der Waals surface area contributed by atoms with Crippen molar-refractivity contribution in [2.75, 3.05) is 33.0 Å². The summed E-state index contributed by atoms with van der Waals surface area (Å²) in [6.45, 7) is 4.61. The summed E-state index contributed by atoms with van der Waals surface area (Å²) in [7, 11) is 0. The fraction of sp³-hybridized carbons (Fsp3) is 0.259. The normalized spacial score (nSPS) is 15.9. The van der Waals surface area contributed by atoms with Gasteiger partial charge in [-0.05, 0) is 48.0 Å². The molecule has 3 aromatic carbocycles. The Morgan fingerprint density at radius 2 is 1.54 bits per heavy atom. The first-order valence-electron chi connectivity index (χ1n) is 11.9. The van der Waals surface area contributed by atoms with E-state index in [-0.39, 0.29) is 23.5 Å². The highest BCUT2D eigenvalue weighted by atomic mass is 19.1. The third-order valence-corrected chi connectivity index (χ3v) is 6.70. The van der Waals surface area contributed by atoms with Gasteiger partial charge in [0.15, 0.2) is 22.9 Å². The molecular formula is C27H23F2N3O5. The molecule has 0 amide bonds. The molecule has 1 fully saturated rings. The number of oxazole rings is 1. The summed E-state index contributed by atoms with van der Waals surface area (Å²) in [4.78, 5) is 29.9. The maximum atomic E-state index is 13.5. The second-order valence-corrected chi connectivity index (χ2v) is 9.19. The quantitative estimate of drug-likeness (QED) is 0.369. The highest BCUT2D eigenvalue weighted by Crippen LogP contribution is 2.33. The van der Waals surface area contributed by atoms with E-state index in [9.17, 15) is 18.4 Å². The second-order valence-electron chi connectivity index (χ2n) is 9.19. The van der Waals surface area contributed by atoms with Crippen LogP contribution in [0.25, 0.3) is 11.1 Å². The van der Waals surface area contributed by atoms with Crippen LogP contribution in [-0.2, 0) is 13.2 Å². The molecule has 6 rings (SSSR count). The first kappa shape index (κ1) is 23.4. The Kier molecular flexibility index (Phi) is 5.97. The molecule has 0 unspecified atom stereocenters. The van der Waals surface area contributed by atoms with Crippen LogP contribution in [-0.4, -0.2) is 53.1 Å². The Morgan fingerprint density at radius 3 is 2.32 bits per heavy atom. The van der Waals surface area contributed by atoms with Crippen molar-refractivity contribution in [3.63, 3.8) is 0 Å². The molecule has 0 atom stereocenters. The van der Waals surface area contributed by atoms with Gasteiger partial charge in [-0.1, -0.05) is 6.07 Å². The van der Waals surface area contributed by atoms with Gasteiger partial charge in [0.1, 0.15) is 11.6 Å². The third kappa shape index (κ3) is 4.73. The minimum Gasteiger partial charge on any atom is -0.454 e. The van der Waals surface area contributed by atoms with E-state index in [0.29, 0.717) is 18.3 Å². The van der Waals surface area contributed by atoms with Gasteiger partial charge in [-0.3, -0.25) is 19.2 Å². The van der Waals surface area contributed by atoms with Crippen molar-refractivity contribution in [1.82, 2.24) is 14.4 Å². The topological polar surface area (TPSA) is 77.2 Å². The van der Waals surface area contributed by atoms with Gasteiger partial charge in [0.05, 0.1) is 12.2 Å². The SMILES string of the molecule is O=C(c1cc(F)cc(F)c1)c1ccc2c(c1)oc(=O)n2CN1CCN(Cc2ccc3c(c2)OCO3)CC1. The van der Waals surface area contributed by atoms with Crippen LogP contribution in [0.4, 0.5) is 8.78 Å². The molecule has 0 spiro atoms. The molecular weight excluding hydrogens is 484 g/mol. The number of carbonyl (C=O) groups excluding carboxylic acids is 1. The molecule has 0 radical (unpaired) electrons. The summed E-state index contributed by atoms with van der Waals surface area (Å²) in [6.07, 6.45) is 0. The first-order chi connectivity index (χ1) is 17.9. The number of ether oxygens (including phenoxy) is 2. The maximum Gasteiger partial charge on any atom is 0.421 e. The number of rotatable bonds is 6. The number of carbonyl (C=O) groups is 1. The molecule has 8 nitrogen and oxygen atoms in total. The van der Waals surface area contributed by atoms with Gasteiger partial charge < -0.3 is 13.9 Å². The Labute approximate surface area is 210 Å². The van der Waals surface area contributed by atoms with Crippen LogP contribution in [0.2, 0.25) is 0 Å². The number of ketones is 1. The summed E-state index contributed by atoms with van der Waals surface area (Å²) >= 11 is 0. The summed E-state index contributed by atoms with van der Waals surface area (Å²) < 4.78 is 44.9. The zero-order valence-electron chi connectivity index (χ0n) is 19.8. The number of halogens is 2. The van der Waals surface area contributed by atoms with Crippen molar-refractivity contribution >= 4 is 16.9 Å². The minimum atomic E-state index is -0.835. The van der Waals surface area contributed by atoms with Crippen LogP contribution < -0.4 is 15.2 Å². The number of piperazine rings is 1. The van der Waals surface area contributed by atoms with Gasteiger partial charge in [0, 0.05) is 49.9 Å². The molecule has 1 aromatic heterocycles. The van der Waals surface area contributed by atoms with Crippen molar-refractivity contribution in [3.8, 4) is 11.5 Å². The van der Waals surface area contributed by atoms with Crippen molar-refractivity contribution in [2.45, 2.75) is 13.2 Å². The average Bonchev–Trinajstić information content (AvgIpc) is 3.47. The lowest BCUT2D eigenvalue weighted by Crippen LogP contribution is -2.47. The predicted octanol–water partition coefficient (Wildman–Crippen LogP) is 3.61. The highest BCUT2D eigenvalue weighted by Gasteiger charge is 2.21. The van der Waals surface area contributed by atoms with Crippen LogP contribution >= 0.6 is 0 Å². The average molecular weight is 507 g/mol. The van der Waals surface area contributed by atoms with Crippen LogP contribution in [0.1, 0.15) is 21.5 Å². The van der Waals surface area contributed by atoms with E-state index in [4.69, 9.17) is 13.9 Å². The predicted molar refractivity (Wildman–Crippen MR) is 130 cm³/mol. The van der Waals surface area contributed by atoms with E-state index in [1.54, 1.807) is 6.07 Å². The van der Waals surface area contributed by atoms with Gasteiger partial charge >= 0.3 is 5.76 Å². The zero-order valence-corrected chi connectivity index (χ0v) is 19.8. The second kappa shape index (κ2) is 9.45. The molecule has 4 aromatic rings. The summed E-state index contributed by atoms with van der Waals surface area (Å²) in [5, 5.41) is 0. The lowest BCUT2D eigenvalue weighted by Gasteiger charge is -2.34. The summed E-state index contributed by atoms with van der Waals surface area (Å²) in [6, 6.07) is 13.2. The Hall–Kier alpha value is -4.02. The van der Waals surface area contributed by atoms with E-state index in [1.807, 2.05) is 18.2 Å². The van der Waals surface area contributed by atoms with Gasteiger partial charge in [0.25, 0.3) is 0 Å². The Bertz CT molecular complexity index is 1540. The van der Waals surface area contributed by atoms with E-state index in [0.717, 1.165) is 61.9 Å². The van der Waals surface area contributed by atoms with Crippen LogP contribution in [0, 0.1) is 11.6 Å². The molecule has 3 heterocycles. The smallest absolute Gasteiger partial charge is 0.421 e. The Morgan fingerprint density at radius 1 is 0.811 bits per heavy atom. The van der Waals surface area contributed by atoms with E-state index >= 15 is 0 Å². The number of aromatic nitrogens is 1. The largest absolute Gasteiger partial charge is 0.454 e. The van der Waals surface area contributed by atoms with Crippen molar-refractivity contribution < 1.29 is 27.5 Å². The van der Waals surface area contributed by atoms with Crippen LogP contribution in [0.15, 0.2) is 63.8 Å². The van der Waals surface area contributed by atoms with Gasteiger partial charge in [-0.2, -0.15) is 0 Å². The molecule has 0 bridgehead atoms. The number of hydrogen-bond donors (Lipinski definition) is 0. The first-order valence-corrected chi connectivity index (χ1v) is 11.9. The zero-order chi connectivity index (χ0) is 25.5. The molecule has 0 aliphatic carbocycles. The van der Waals surface area contributed by atoms with Gasteiger partial charge in [-0.25, -0.2) is 13.6 Å². The molecule has 10 heteroatoms. The van der Waals surface area contributed by atoms with E-state index in [1.165, 1.54) is 16.7 Å². The van der Waals surface area contributed by atoms with E-state index < -0.39 is 23.2 Å².